The summed E-state index contributed by atoms with van der Waals surface area (Å²) in [7, 11) is 2.90. The van der Waals surface area contributed by atoms with Crippen molar-refractivity contribution in [1.29, 1.82) is 0 Å². The second-order valence-corrected chi connectivity index (χ2v) is 23.8. The van der Waals surface area contributed by atoms with Crippen molar-refractivity contribution in [3.63, 3.8) is 0 Å². The average molecular weight is 1200 g/mol. The monoisotopic (exact) mass is 1200 g/mol. The van der Waals surface area contributed by atoms with Gasteiger partial charge in [0.1, 0.15) is 36.8 Å². The van der Waals surface area contributed by atoms with E-state index in [0.717, 1.165) is 9.80 Å². The van der Waals surface area contributed by atoms with Gasteiger partial charge < -0.3 is 52.6 Å². The molecule has 0 spiro atoms. The average Bonchev–Trinajstić information content (AvgIpc) is 1.24. The van der Waals surface area contributed by atoms with Crippen molar-refractivity contribution in [2.45, 2.75) is 169 Å². The van der Waals surface area contributed by atoms with Gasteiger partial charge in [-0.3, -0.25) is 57.9 Å². The van der Waals surface area contributed by atoms with Crippen LogP contribution in [0.5, 0.6) is 0 Å². The fourth-order valence-electron chi connectivity index (χ4n) is 9.88. The van der Waals surface area contributed by atoms with Gasteiger partial charge in [-0.15, -0.1) is 0 Å². The summed E-state index contributed by atoms with van der Waals surface area (Å²) in [4.78, 5) is 162. The molecule has 10 N–H and O–H groups in total. The van der Waals surface area contributed by atoms with E-state index in [2.05, 4.69) is 21.3 Å². The van der Waals surface area contributed by atoms with E-state index in [1.54, 1.807) is 105 Å². The topological polar surface area (TPSA) is 368 Å². The fraction of sp³-hybridized carbons (Fsp3) is 0.541. The van der Waals surface area contributed by atoms with E-state index in [1.165, 1.54) is 61.2 Å². The standard InChI is InChI=1S/C61H88N10O15/c1-36(2)44(34-38(5)53(78)65-42(57(82)83)28-31-48(75)76)68(11)56(81)50(60(6,7)8)67-54(79)51(61(9,10)40-20-15-13-16-21-40)69(12)59(85)86-35-39-24-26-41(27-25-39)71(43(52(62)77)22-19-32-64-58(63)84)55(80)49(37(3)4)66-45(72)23-17-14-18-33-70-46(73)29-30-47(70)74/h13,15-16,20-21,24-27,29-30,34,36-37,42-44,49-51H,14,17-19,22-23,28,31-33,35H2,1-12H3,(H2,62,77)(H,65,78)(H,66,72)(H,67,79)(H,75,76)(H,82,83)(H3,63,64,84)/b38-34+/t42-,43+,44-,49+,50-,51-/m1/s1. The third kappa shape index (κ3) is 20.9. The number of nitrogens with two attached hydrogens (primary N) is 2. The van der Waals surface area contributed by atoms with E-state index in [9.17, 15) is 57.8 Å². The number of benzene rings is 2. The summed E-state index contributed by atoms with van der Waals surface area (Å²) >= 11 is 0. The van der Waals surface area contributed by atoms with E-state index in [0.29, 0.717) is 30.4 Å². The number of urea groups is 1. The minimum absolute atomic E-state index is 0.0186. The molecule has 1 heterocycles. The van der Waals surface area contributed by atoms with Crippen molar-refractivity contribution in [1.82, 2.24) is 36.0 Å². The predicted molar refractivity (Wildman–Crippen MR) is 319 cm³/mol. The lowest BCUT2D eigenvalue weighted by molar-refractivity contribution is -0.142. The van der Waals surface area contributed by atoms with Gasteiger partial charge in [0.05, 0.1) is 6.04 Å². The SMILES string of the molecule is C/C(=C\[C@H](C(C)C)N(C)C(=O)[C@@H](NC(=O)[C@@H](N(C)C(=O)OCc1ccc(N(C(=O)[C@@H](NC(=O)CCCCCN2C(=O)C=CC2=O)C(C)C)[C@@H](CCCNC(N)=O)C(N)=O)cc1)C(C)(C)c1ccccc1)C(C)(C)C)C(=O)N[C@H](CCC(=O)O)C(=O)O. The number of rotatable bonds is 33. The van der Waals surface area contributed by atoms with Crippen LogP contribution >= 0.6 is 0 Å². The zero-order valence-electron chi connectivity index (χ0n) is 51.5. The highest BCUT2D eigenvalue weighted by Crippen LogP contribution is 2.33. The maximum atomic E-state index is 15.0. The molecule has 0 radical (unpaired) electrons. The first-order valence-electron chi connectivity index (χ1n) is 28.7. The molecule has 0 aromatic heterocycles. The van der Waals surface area contributed by atoms with Crippen LogP contribution in [0.1, 0.15) is 132 Å². The molecule has 0 bridgehead atoms. The number of primary amides is 2. The molecular weight excluding hydrogens is 1110 g/mol. The van der Waals surface area contributed by atoms with Gasteiger partial charge in [0.2, 0.25) is 29.5 Å². The van der Waals surface area contributed by atoms with E-state index >= 15 is 4.79 Å². The van der Waals surface area contributed by atoms with E-state index in [1.807, 2.05) is 0 Å². The van der Waals surface area contributed by atoms with Gasteiger partial charge in [-0.05, 0) is 79.5 Å². The highest BCUT2D eigenvalue weighted by atomic mass is 16.6. The number of unbranched alkanes of at least 4 members (excludes halogenated alkanes) is 2. The number of aliphatic carboxylic acids is 2. The molecule has 25 heteroatoms. The smallest absolute Gasteiger partial charge is 0.410 e. The number of carbonyl (C=O) groups excluding carboxylic acids is 10. The Bertz CT molecular complexity index is 2810. The second kappa shape index (κ2) is 32.6. The van der Waals surface area contributed by atoms with Crippen LogP contribution in [-0.2, 0) is 64.7 Å². The van der Waals surface area contributed by atoms with Crippen LogP contribution in [0.4, 0.5) is 15.3 Å². The van der Waals surface area contributed by atoms with Gasteiger partial charge >= 0.3 is 24.1 Å². The molecule has 2 aromatic rings. The maximum absolute atomic E-state index is 15.0. The third-order valence-corrected chi connectivity index (χ3v) is 14.9. The molecule has 6 atom stereocenters. The van der Waals surface area contributed by atoms with Crippen molar-refractivity contribution >= 4 is 77.0 Å². The molecule has 0 unspecified atom stereocenters. The normalized spacial score (nSPS) is 14.7. The molecule has 86 heavy (non-hydrogen) atoms. The number of carboxylic acid groups (broad SMARTS) is 2. The number of hydrogen-bond donors (Lipinski definition) is 8. The first kappa shape index (κ1) is 71.6. The van der Waals surface area contributed by atoms with Crippen LogP contribution in [0.2, 0.25) is 0 Å². The Kier molecular flexibility index (Phi) is 27.1. The predicted octanol–water partition coefficient (Wildman–Crippen LogP) is 4.26. The molecule has 1 aliphatic rings. The van der Waals surface area contributed by atoms with Gasteiger partial charge in [-0.1, -0.05) is 117 Å². The van der Waals surface area contributed by atoms with Crippen molar-refractivity contribution in [2.75, 3.05) is 32.1 Å². The van der Waals surface area contributed by atoms with Gasteiger partial charge in [0.15, 0.2) is 0 Å². The molecule has 0 saturated carbocycles. The number of nitrogens with zero attached hydrogens (tertiary/aromatic N) is 4. The Hall–Kier alpha value is -8.64. The molecule has 11 amide bonds. The summed E-state index contributed by atoms with van der Waals surface area (Å²) < 4.78 is 5.85. The van der Waals surface area contributed by atoms with E-state index in [4.69, 9.17) is 21.3 Å². The number of nitrogens with one attached hydrogen (secondary N) is 4. The van der Waals surface area contributed by atoms with E-state index < -0.39 is 131 Å². The molecule has 25 nitrogen and oxygen atoms in total. The maximum Gasteiger partial charge on any atom is 0.410 e. The number of carboxylic acids is 2. The minimum Gasteiger partial charge on any atom is -0.481 e. The molecule has 0 aliphatic carbocycles. The van der Waals surface area contributed by atoms with Crippen LogP contribution in [0.25, 0.3) is 0 Å². The van der Waals surface area contributed by atoms with Crippen LogP contribution in [0, 0.1) is 17.3 Å². The zero-order valence-corrected chi connectivity index (χ0v) is 51.5. The number of amides is 11. The number of anilines is 1. The van der Waals surface area contributed by atoms with Crippen molar-refractivity contribution in [3.8, 4) is 0 Å². The lowest BCUT2D eigenvalue weighted by atomic mass is 9.76. The second-order valence-electron chi connectivity index (χ2n) is 23.8. The van der Waals surface area contributed by atoms with Crippen LogP contribution in [-0.4, -0.2) is 160 Å². The van der Waals surface area contributed by atoms with Gasteiger partial charge in [0.25, 0.3) is 17.7 Å². The summed E-state index contributed by atoms with van der Waals surface area (Å²) in [6, 6.07) is 7.04. The highest BCUT2D eigenvalue weighted by molar-refractivity contribution is 6.13. The lowest BCUT2D eigenvalue weighted by Gasteiger charge is -2.42. The number of hydrogen-bond acceptors (Lipinski definition) is 13. The molecule has 1 aliphatic heterocycles. The summed E-state index contributed by atoms with van der Waals surface area (Å²) in [5.41, 5.74) is 10.5. The third-order valence-electron chi connectivity index (χ3n) is 14.9. The first-order valence-corrected chi connectivity index (χ1v) is 28.7. The van der Waals surface area contributed by atoms with Gasteiger partial charge in [0, 0.05) is 68.9 Å². The highest BCUT2D eigenvalue weighted by Gasteiger charge is 2.46. The molecule has 0 fully saturated rings. The lowest BCUT2D eigenvalue weighted by Crippen LogP contribution is -2.63. The molecule has 0 saturated heterocycles. The van der Waals surface area contributed by atoms with Crippen LogP contribution in [0.3, 0.4) is 0 Å². The Morgan fingerprint density at radius 3 is 1.85 bits per heavy atom. The van der Waals surface area contributed by atoms with Crippen molar-refractivity contribution < 1.29 is 72.5 Å². The Labute approximate surface area is 503 Å². The first-order chi connectivity index (χ1) is 40.1. The summed E-state index contributed by atoms with van der Waals surface area (Å²) in [6.07, 6.45) is 3.64. The molecule has 3 rings (SSSR count). The molecular formula is C61H88N10O15. The van der Waals surface area contributed by atoms with Gasteiger partial charge in [-0.2, -0.15) is 0 Å². The minimum atomic E-state index is -1.48. The largest absolute Gasteiger partial charge is 0.481 e. The van der Waals surface area contributed by atoms with Crippen molar-refractivity contribution in [2.24, 2.45) is 28.7 Å². The Morgan fingerprint density at radius 2 is 1.33 bits per heavy atom. The number of ether oxygens (including phenoxy) is 1. The summed E-state index contributed by atoms with van der Waals surface area (Å²) in [5.74, 6) is -8.30. The van der Waals surface area contributed by atoms with Crippen molar-refractivity contribution in [3.05, 3.63) is 89.5 Å². The Morgan fingerprint density at radius 1 is 0.721 bits per heavy atom. The quantitative estimate of drug-likeness (QED) is 0.0281. The number of carbonyl (C=O) groups is 12. The summed E-state index contributed by atoms with van der Waals surface area (Å²) in [6.45, 7) is 17.2. The number of likely N-dealkylation sites (N-methyl/N-ethyl adjacent to an activating group) is 2. The number of imide groups is 1. The zero-order chi connectivity index (χ0) is 65.0. The van der Waals surface area contributed by atoms with Crippen LogP contribution in [0.15, 0.2) is 78.4 Å². The summed E-state index contributed by atoms with van der Waals surface area (Å²) in [5, 5.41) is 29.3. The van der Waals surface area contributed by atoms with Crippen LogP contribution < -0.4 is 37.6 Å². The Balaban J connectivity index is 1.94. The molecule has 472 valence electrons. The van der Waals surface area contributed by atoms with E-state index in [-0.39, 0.29) is 62.6 Å². The molecule has 2 aromatic carbocycles. The van der Waals surface area contributed by atoms with Gasteiger partial charge in [-0.25, -0.2) is 14.4 Å². The fourth-order valence-corrected chi connectivity index (χ4v) is 9.88.